The fraction of sp³-hybridized carbons (Fsp3) is 0.903. The van der Waals surface area contributed by atoms with Gasteiger partial charge in [-0.3, -0.25) is 14.2 Å². The van der Waals surface area contributed by atoms with Crippen LogP contribution in [0.2, 0.25) is 0 Å². The first-order valence-corrected chi connectivity index (χ1v) is 32.6. The minimum Gasteiger partial charge on any atom is -0.756 e. The minimum atomic E-state index is -4.69. The number of rotatable bonds is 57. The van der Waals surface area contributed by atoms with Gasteiger partial charge in [-0.25, -0.2) is 0 Å². The molecule has 72 heavy (non-hydrogen) atoms. The molecule has 0 spiro atoms. The van der Waals surface area contributed by atoms with Gasteiger partial charge >= 0.3 is 5.97 Å². The molecule has 10 heteroatoms. The molecular formula is C62H121N2O7P. The second kappa shape index (κ2) is 52.9. The Labute approximate surface area is 447 Å². The quantitative estimate of drug-likeness (QED) is 0.0212. The molecule has 0 aromatic rings. The minimum absolute atomic E-state index is 0.0209. The molecule has 0 saturated carbocycles. The van der Waals surface area contributed by atoms with Crippen LogP contribution in [0.4, 0.5) is 0 Å². The highest BCUT2D eigenvalue weighted by molar-refractivity contribution is 7.45. The summed E-state index contributed by atoms with van der Waals surface area (Å²) in [7, 11) is 1.19. The molecule has 1 amide bonds. The molecule has 0 aromatic carbocycles. The molecule has 3 atom stereocenters. The second-order valence-corrected chi connectivity index (χ2v) is 24.0. The number of carbonyl (C=O) groups excluding carboxylic acids is 2. The van der Waals surface area contributed by atoms with E-state index < -0.39 is 20.0 Å². The smallest absolute Gasteiger partial charge is 0.306 e. The first-order valence-electron chi connectivity index (χ1n) is 31.1. The molecule has 0 aromatic heterocycles. The number of amides is 1. The zero-order valence-corrected chi connectivity index (χ0v) is 49.6. The predicted octanol–water partition coefficient (Wildman–Crippen LogP) is 18.3. The van der Waals surface area contributed by atoms with Crippen molar-refractivity contribution in [1.82, 2.24) is 5.32 Å². The molecule has 426 valence electrons. The van der Waals surface area contributed by atoms with Crippen molar-refractivity contribution in [2.75, 3.05) is 40.9 Å². The highest BCUT2D eigenvalue weighted by atomic mass is 31.2. The molecule has 0 aliphatic heterocycles. The van der Waals surface area contributed by atoms with Crippen LogP contribution in [0, 0.1) is 0 Å². The Bertz CT molecular complexity index is 1290. The second-order valence-electron chi connectivity index (χ2n) is 22.6. The fourth-order valence-corrected chi connectivity index (χ4v) is 10.0. The molecule has 0 bridgehead atoms. The van der Waals surface area contributed by atoms with Crippen molar-refractivity contribution >= 4 is 19.7 Å². The van der Waals surface area contributed by atoms with Crippen molar-refractivity contribution in [3.63, 3.8) is 0 Å². The molecule has 3 unspecified atom stereocenters. The maximum atomic E-state index is 13.5. The van der Waals surface area contributed by atoms with Crippen molar-refractivity contribution in [2.24, 2.45) is 0 Å². The Morgan fingerprint density at radius 1 is 0.472 bits per heavy atom. The van der Waals surface area contributed by atoms with Gasteiger partial charge in [0.25, 0.3) is 7.82 Å². The maximum Gasteiger partial charge on any atom is 0.306 e. The third kappa shape index (κ3) is 53.3. The highest BCUT2D eigenvalue weighted by Gasteiger charge is 2.27. The Balaban J connectivity index is 5.25. The zero-order chi connectivity index (χ0) is 52.9. The van der Waals surface area contributed by atoms with Crippen LogP contribution in [-0.4, -0.2) is 69.4 Å². The van der Waals surface area contributed by atoms with Gasteiger partial charge in [0.2, 0.25) is 5.91 Å². The van der Waals surface area contributed by atoms with Crippen molar-refractivity contribution in [3.05, 3.63) is 24.3 Å². The number of quaternary nitrogens is 1. The summed E-state index contributed by atoms with van der Waals surface area (Å²) < 4.78 is 30.3. The number of hydrogen-bond acceptors (Lipinski definition) is 7. The molecule has 1 N–H and O–H groups in total. The monoisotopic (exact) mass is 1040 g/mol. The number of phosphoric acid groups is 1. The van der Waals surface area contributed by atoms with E-state index in [0.717, 1.165) is 64.2 Å². The standard InChI is InChI=1S/C62H121N2O7P/c1-7-10-13-16-19-22-25-28-30-31-32-33-34-36-39-42-45-48-51-54-61(65)63-59(58-70-72(67,68)69-57-56-64(4,5)6)60(53-50-47-44-41-38-35-27-24-21-18-15-12-9-3)71-62(66)55-52-49-46-43-40-37-29-26-23-20-17-14-11-8-2/h37,40,50,53,59-60H,7-36,38-39,41-49,51-52,54-58H2,1-6H3,(H-,63,65,67,68)/b40-37-,53-50+. The number of unbranched alkanes of at least 4 members (excludes halogenated alkanes) is 39. The largest absolute Gasteiger partial charge is 0.756 e. The van der Waals surface area contributed by atoms with E-state index in [1.807, 2.05) is 33.3 Å². The third-order valence-corrected chi connectivity index (χ3v) is 15.1. The highest BCUT2D eigenvalue weighted by Crippen LogP contribution is 2.38. The predicted molar refractivity (Wildman–Crippen MR) is 307 cm³/mol. The molecule has 0 rings (SSSR count). The van der Waals surface area contributed by atoms with Crippen LogP contribution in [0.5, 0.6) is 0 Å². The summed E-state index contributed by atoms with van der Waals surface area (Å²) in [5.41, 5.74) is 0. The van der Waals surface area contributed by atoms with E-state index >= 15 is 0 Å². The van der Waals surface area contributed by atoms with E-state index in [2.05, 4.69) is 38.2 Å². The van der Waals surface area contributed by atoms with Gasteiger partial charge in [-0.05, 0) is 57.4 Å². The van der Waals surface area contributed by atoms with Gasteiger partial charge in [0, 0.05) is 12.8 Å². The van der Waals surface area contributed by atoms with E-state index in [-0.39, 0.29) is 31.5 Å². The number of carbonyl (C=O) groups is 2. The molecule has 0 fully saturated rings. The van der Waals surface area contributed by atoms with Crippen molar-refractivity contribution in [2.45, 2.75) is 322 Å². The Morgan fingerprint density at radius 2 is 0.806 bits per heavy atom. The van der Waals surface area contributed by atoms with E-state index in [4.69, 9.17) is 13.8 Å². The van der Waals surface area contributed by atoms with Gasteiger partial charge in [-0.2, -0.15) is 0 Å². The summed E-state index contributed by atoms with van der Waals surface area (Å²) in [5.74, 6) is -0.543. The van der Waals surface area contributed by atoms with Crippen LogP contribution in [0.3, 0.4) is 0 Å². The van der Waals surface area contributed by atoms with E-state index in [1.54, 1.807) is 0 Å². The van der Waals surface area contributed by atoms with Crippen LogP contribution in [-0.2, 0) is 27.9 Å². The Hall–Kier alpha value is -1.51. The Kier molecular flexibility index (Phi) is 51.8. The summed E-state index contributed by atoms with van der Waals surface area (Å²) in [5, 5.41) is 3.03. The molecular weight excluding hydrogens is 916 g/mol. The van der Waals surface area contributed by atoms with Crippen LogP contribution >= 0.6 is 7.82 Å². The molecule has 0 radical (unpaired) electrons. The van der Waals surface area contributed by atoms with Crippen molar-refractivity contribution < 1.29 is 37.3 Å². The van der Waals surface area contributed by atoms with Crippen LogP contribution in [0.1, 0.15) is 310 Å². The number of likely N-dealkylation sites (N-methyl/N-ethyl adjacent to an activating group) is 1. The van der Waals surface area contributed by atoms with Crippen LogP contribution in [0.15, 0.2) is 24.3 Å². The summed E-state index contributed by atoms with van der Waals surface area (Å²) >= 11 is 0. The molecule has 0 aliphatic carbocycles. The number of nitrogens with zero attached hydrogens (tertiary/aromatic N) is 1. The van der Waals surface area contributed by atoms with Crippen LogP contribution < -0.4 is 10.2 Å². The van der Waals surface area contributed by atoms with E-state index in [0.29, 0.717) is 23.9 Å². The van der Waals surface area contributed by atoms with Gasteiger partial charge in [0.1, 0.15) is 19.3 Å². The fourth-order valence-electron chi connectivity index (χ4n) is 9.28. The average molecular weight is 1040 g/mol. The number of phosphoric ester groups is 1. The van der Waals surface area contributed by atoms with E-state index in [1.165, 1.54) is 205 Å². The van der Waals surface area contributed by atoms with Gasteiger partial charge < -0.3 is 28.5 Å². The first kappa shape index (κ1) is 70.5. The summed E-state index contributed by atoms with van der Waals surface area (Å²) in [4.78, 5) is 39.9. The number of esters is 1. The SMILES string of the molecule is CCCCCCCCC/C=C\CCCCCC(=O)OC(/C=C/CCCCCCCCCCCCC)C(COP(=O)([O-])OCC[N+](C)(C)C)NC(=O)CCCCCCCCCCCCCCCCCCCCC. The average Bonchev–Trinajstić information content (AvgIpc) is 3.34. The lowest BCUT2D eigenvalue weighted by atomic mass is 10.0. The van der Waals surface area contributed by atoms with Gasteiger partial charge in [0.05, 0.1) is 33.8 Å². The van der Waals surface area contributed by atoms with Crippen molar-refractivity contribution in [1.29, 1.82) is 0 Å². The van der Waals surface area contributed by atoms with Crippen LogP contribution in [0.25, 0.3) is 0 Å². The molecule has 9 nitrogen and oxygen atoms in total. The molecule has 0 aliphatic rings. The summed E-state index contributed by atoms with van der Waals surface area (Å²) in [6.45, 7) is 6.87. The van der Waals surface area contributed by atoms with Gasteiger partial charge in [-0.15, -0.1) is 0 Å². The molecule has 0 saturated heterocycles. The Morgan fingerprint density at radius 3 is 1.19 bits per heavy atom. The van der Waals surface area contributed by atoms with Gasteiger partial charge in [0.15, 0.2) is 0 Å². The normalized spacial score (nSPS) is 13.8. The number of allylic oxidation sites excluding steroid dienone is 3. The van der Waals surface area contributed by atoms with Gasteiger partial charge in [-0.1, -0.05) is 264 Å². The van der Waals surface area contributed by atoms with Crippen molar-refractivity contribution in [3.8, 4) is 0 Å². The topological polar surface area (TPSA) is 114 Å². The zero-order valence-electron chi connectivity index (χ0n) is 48.7. The lowest BCUT2D eigenvalue weighted by molar-refractivity contribution is -0.870. The molecule has 0 heterocycles. The lowest BCUT2D eigenvalue weighted by Crippen LogP contribution is -2.47. The number of ether oxygens (including phenoxy) is 1. The summed E-state index contributed by atoms with van der Waals surface area (Å²) in [6, 6.07) is -0.888. The third-order valence-electron chi connectivity index (χ3n) is 14.1. The van der Waals surface area contributed by atoms with E-state index in [9.17, 15) is 19.0 Å². The number of nitrogens with one attached hydrogen (secondary N) is 1. The first-order chi connectivity index (χ1) is 34.9. The number of hydrogen-bond donors (Lipinski definition) is 1. The lowest BCUT2D eigenvalue weighted by Gasteiger charge is -2.30. The summed E-state index contributed by atoms with van der Waals surface area (Å²) in [6.07, 6.45) is 61.4. The maximum absolute atomic E-state index is 13.5.